The van der Waals surface area contributed by atoms with E-state index in [2.05, 4.69) is 15.5 Å². The standard InChI is InChI=1S/C21H33N3O4.2ClH/c1-26-14-11-23-21(25)19-4-3-18(27-2)15-20(19)28-17-7-12-24(13-8-17)16-5-9-22-10-6-16;;/h3-4,15-17,22H,5-14H2,1-2H3,(H,23,25);2*1H. The molecule has 2 fully saturated rings. The molecule has 30 heavy (non-hydrogen) atoms. The first kappa shape index (κ1) is 26.8. The third-order valence-corrected chi connectivity index (χ3v) is 5.62. The number of hydrogen-bond acceptors (Lipinski definition) is 6. The SMILES string of the molecule is COCCNC(=O)c1ccc(OC)cc1OC1CCN(C2CCNCC2)CC1.Cl.Cl. The van der Waals surface area contributed by atoms with Gasteiger partial charge >= 0.3 is 0 Å². The summed E-state index contributed by atoms with van der Waals surface area (Å²) in [6.45, 7) is 5.28. The molecular weight excluding hydrogens is 429 g/mol. The Bertz CT molecular complexity index is 637. The smallest absolute Gasteiger partial charge is 0.255 e. The van der Waals surface area contributed by atoms with E-state index in [1.165, 1.54) is 12.8 Å². The number of nitrogens with zero attached hydrogens (tertiary/aromatic N) is 1. The van der Waals surface area contributed by atoms with Crippen LogP contribution in [0, 0.1) is 0 Å². The normalized spacial score (nSPS) is 18.1. The highest BCUT2D eigenvalue weighted by Gasteiger charge is 2.27. The van der Waals surface area contributed by atoms with Crippen molar-refractivity contribution in [3.8, 4) is 11.5 Å². The number of ether oxygens (including phenoxy) is 3. The van der Waals surface area contributed by atoms with E-state index in [-0.39, 0.29) is 36.8 Å². The topological polar surface area (TPSA) is 72.1 Å². The van der Waals surface area contributed by atoms with E-state index in [9.17, 15) is 4.79 Å². The van der Waals surface area contributed by atoms with Gasteiger partial charge < -0.3 is 29.7 Å². The molecule has 2 heterocycles. The molecule has 0 bridgehead atoms. The second-order valence-electron chi connectivity index (χ2n) is 7.45. The molecule has 1 aromatic carbocycles. The maximum atomic E-state index is 12.5. The quantitative estimate of drug-likeness (QED) is 0.577. The maximum Gasteiger partial charge on any atom is 0.255 e. The first-order valence-corrected chi connectivity index (χ1v) is 10.3. The summed E-state index contributed by atoms with van der Waals surface area (Å²) in [5.74, 6) is 1.13. The van der Waals surface area contributed by atoms with Gasteiger partial charge in [-0.05, 0) is 50.9 Å². The van der Waals surface area contributed by atoms with E-state index >= 15 is 0 Å². The van der Waals surface area contributed by atoms with Crippen LogP contribution in [0.3, 0.4) is 0 Å². The van der Waals surface area contributed by atoms with Crippen LogP contribution < -0.4 is 20.1 Å². The maximum absolute atomic E-state index is 12.5. The lowest BCUT2D eigenvalue weighted by molar-refractivity contribution is 0.0642. The summed E-state index contributed by atoms with van der Waals surface area (Å²) >= 11 is 0. The lowest BCUT2D eigenvalue weighted by Gasteiger charge is -2.39. The molecule has 2 N–H and O–H groups in total. The van der Waals surface area contributed by atoms with Gasteiger partial charge in [-0.1, -0.05) is 0 Å². The van der Waals surface area contributed by atoms with Crippen LogP contribution in [0.5, 0.6) is 11.5 Å². The number of piperidine rings is 2. The predicted octanol–water partition coefficient (Wildman–Crippen LogP) is 2.51. The fourth-order valence-electron chi connectivity index (χ4n) is 3.99. The van der Waals surface area contributed by atoms with Gasteiger partial charge in [0.05, 0.1) is 19.3 Å². The number of amides is 1. The van der Waals surface area contributed by atoms with Gasteiger partial charge in [0, 0.05) is 38.9 Å². The van der Waals surface area contributed by atoms with E-state index in [1.807, 2.05) is 6.07 Å². The lowest BCUT2D eigenvalue weighted by Crippen LogP contribution is -2.48. The Morgan fingerprint density at radius 1 is 1.13 bits per heavy atom. The molecule has 172 valence electrons. The molecule has 0 saturated carbocycles. The van der Waals surface area contributed by atoms with Crippen LogP contribution in [0.4, 0.5) is 0 Å². The van der Waals surface area contributed by atoms with Crippen molar-refractivity contribution < 1.29 is 19.0 Å². The van der Waals surface area contributed by atoms with Gasteiger partial charge in [0.2, 0.25) is 0 Å². The third-order valence-electron chi connectivity index (χ3n) is 5.62. The molecule has 0 radical (unpaired) electrons. The van der Waals surface area contributed by atoms with Crippen molar-refractivity contribution >= 4 is 30.7 Å². The van der Waals surface area contributed by atoms with E-state index in [0.29, 0.717) is 36.3 Å². The molecule has 0 aromatic heterocycles. The van der Waals surface area contributed by atoms with Crippen molar-refractivity contribution in [2.45, 2.75) is 37.8 Å². The van der Waals surface area contributed by atoms with Crippen molar-refractivity contribution in [2.24, 2.45) is 0 Å². The Morgan fingerprint density at radius 2 is 1.83 bits per heavy atom. The summed E-state index contributed by atoms with van der Waals surface area (Å²) in [6, 6.07) is 6.06. The van der Waals surface area contributed by atoms with E-state index in [4.69, 9.17) is 14.2 Å². The van der Waals surface area contributed by atoms with Crippen LogP contribution >= 0.6 is 24.8 Å². The number of carbonyl (C=O) groups excluding carboxylic acids is 1. The highest BCUT2D eigenvalue weighted by atomic mass is 35.5. The summed E-state index contributed by atoms with van der Waals surface area (Å²) in [7, 11) is 3.24. The van der Waals surface area contributed by atoms with Crippen LogP contribution in [0.15, 0.2) is 18.2 Å². The average Bonchev–Trinajstić information content (AvgIpc) is 2.75. The van der Waals surface area contributed by atoms with Gasteiger partial charge in [-0.15, -0.1) is 24.8 Å². The Hall–Kier alpha value is -1.25. The number of carbonyl (C=O) groups is 1. The molecule has 1 amide bonds. The van der Waals surface area contributed by atoms with Gasteiger partial charge in [0.25, 0.3) is 5.91 Å². The zero-order valence-electron chi connectivity index (χ0n) is 17.9. The van der Waals surface area contributed by atoms with Gasteiger partial charge in [-0.3, -0.25) is 4.79 Å². The van der Waals surface area contributed by atoms with Crippen LogP contribution in [0.2, 0.25) is 0 Å². The largest absolute Gasteiger partial charge is 0.497 e. The number of nitrogens with one attached hydrogen (secondary N) is 2. The van der Waals surface area contributed by atoms with E-state index in [0.717, 1.165) is 39.0 Å². The zero-order valence-corrected chi connectivity index (χ0v) is 19.5. The predicted molar refractivity (Wildman–Crippen MR) is 123 cm³/mol. The summed E-state index contributed by atoms with van der Waals surface area (Å²) in [6.07, 6.45) is 4.54. The number of hydrogen-bond donors (Lipinski definition) is 2. The molecule has 2 saturated heterocycles. The van der Waals surface area contributed by atoms with Gasteiger partial charge in [-0.25, -0.2) is 0 Å². The van der Waals surface area contributed by atoms with Crippen LogP contribution in [-0.4, -0.2) is 76.5 Å². The number of benzene rings is 1. The Labute approximate surface area is 192 Å². The fourth-order valence-corrected chi connectivity index (χ4v) is 3.99. The number of rotatable bonds is 8. The molecule has 7 nitrogen and oxygen atoms in total. The zero-order chi connectivity index (χ0) is 19.8. The lowest BCUT2D eigenvalue weighted by atomic mass is 10.00. The minimum absolute atomic E-state index is 0. The van der Waals surface area contributed by atoms with Crippen molar-refractivity contribution in [3.05, 3.63) is 23.8 Å². The second kappa shape index (κ2) is 13.9. The van der Waals surface area contributed by atoms with Gasteiger partial charge in [0.15, 0.2) is 0 Å². The highest BCUT2D eigenvalue weighted by molar-refractivity contribution is 5.97. The average molecular weight is 464 g/mol. The monoisotopic (exact) mass is 463 g/mol. The summed E-state index contributed by atoms with van der Waals surface area (Å²) in [5, 5.41) is 6.30. The number of methoxy groups -OCH3 is 2. The van der Waals surface area contributed by atoms with Crippen molar-refractivity contribution in [1.82, 2.24) is 15.5 Å². The van der Waals surface area contributed by atoms with E-state index < -0.39 is 0 Å². The number of likely N-dealkylation sites (tertiary alicyclic amines) is 1. The van der Waals surface area contributed by atoms with Crippen molar-refractivity contribution in [2.75, 3.05) is 53.6 Å². The molecule has 0 unspecified atom stereocenters. The van der Waals surface area contributed by atoms with Crippen molar-refractivity contribution in [3.63, 3.8) is 0 Å². The van der Waals surface area contributed by atoms with Crippen LogP contribution in [-0.2, 0) is 4.74 Å². The Balaban J connectivity index is 0.00000225. The minimum atomic E-state index is -0.151. The summed E-state index contributed by atoms with van der Waals surface area (Å²) < 4.78 is 16.6. The van der Waals surface area contributed by atoms with Crippen LogP contribution in [0.25, 0.3) is 0 Å². The summed E-state index contributed by atoms with van der Waals surface area (Å²) in [5.41, 5.74) is 0.540. The Morgan fingerprint density at radius 3 is 2.47 bits per heavy atom. The molecule has 2 aliphatic rings. The first-order valence-electron chi connectivity index (χ1n) is 10.3. The molecule has 1 aromatic rings. The second-order valence-corrected chi connectivity index (χ2v) is 7.45. The van der Waals surface area contributed by atoms with Crippen LogP contribution in [0.1, 0.15) is 36.0 Å². The molecule has 0 spiro atoms. The molecule has 9 heteroatoms. The molecule has 0 atom stereocenters. The fraction of sp³-hybridized carbons (Fsp3) is 0.667. The Kier molecular flexibility index (Phi) is 12.4. The molecule has 0 aliphatic carbocycles. The van der Waals surface area contributed by atoms with E-state index in [1.54, 1.807) is 26.4 Å². The highest BCUT2D eigenvalue weighted by Crippen LogP contribution is 2.28. The van der Waals surface area contributed by atoms with Gasteiger partial charge in [-0.2, -0.15) is 0 Å². The van der Waals surface area contributed by atoms with Gasteiger partial charge in [0.1, 0.15) is 17.6 Å². The number of halogens is 2. The molecule has 2 aliphatic heterocycles. The first-order chi connectivity index (χ1) is 13.7. The minimum Gasteiger partial charge on any atom is -0.497 e. The molecule has 3 rings (SSSR count). The van der Waals surface area contributed by atoms with Crippen molar-refractivity contribution in [1.29, 1.82) is 0 Å². The summed E-state index contributed by atoms with van der Waals surface area (Å²) in [4.78, 5) is 15.1. The third kappa shape index (κ3) is 7.46. The molecular formula is C21H35Cl2N3O4.